The molecule has 0 heterocycles. The molecule has 0 aliphatic heterocycles. The molecular formula is C15H20BrF3N2. The molecule has 21 heavy (non-hydrogen) atoms. The number of rotatable bonds is 6. The van der Waals surface area contributed by atoms with Crippen LogP contribution in [0.15, 0.2) is 22.7 Å². The van der Waals surface area contributed by atoms with Gasteiger partial charge in [-0.1, -0.05) is 22.9 Å². The van der Waals surface area contributed by atoms with Crippen molar-refractivity contribution in [2.24, 2.45) is 0 Å². The van der Waals surface area contributed by atoms with Gasteiger partial charge in [0.15, 0.2) is 0 Å². The maximum Gasteiger partial charge on any atom is 0.405 e. The zero-order valence-corrected chi connectivity index (χ0v) is 13.8. The van der Waals surface area contributed by atoms with Gasteiger partial charge >= 0.3 is 6.18 Å². The zero-order valence-electron chi connectivity index (χ0n) is 12.2. The quantitative estimate of drug-likeness (QED) is 0.790. The Morgan fingerprint density at radius 3 is 2.57 bits per heavy atom. The highest BCUT2D eigenvalue weighted by molar-refractivity contribution is 9.10. The third-order valence-electron chi connectivity index (χ3n) is 3.61. The van der Waals surface area contributed by atoms with Crippen LogP contribution in [0.1, 0.15) is 38.3 Å². The summed E-state index contributed by atoms with van der Waals surface area (Å²) in [5, 5.41) is 3.28. The standard InChI is InChI=1S/C15H20BrF3N2/c1-3-20-10(2)13-8-11(16)4-7-14(13)21(12-5-6-12)9-15(17,18)19/h4,7-8,10,12,20H,3,5-6,9H2,1-2H3. The van der Waals surface area contributed by atoms with Gasteiger partial charge in [-0.2, -0.15) is 13.2 Å². The van der Waals surface area contributed by atoms with Gasteiger partial charge in [-0.15, -0.1) is 0 Å². The number of hydrogen-bond donors (Lipinski definition) is 1. The Balaban J connectivity index is 2.35. The van der Waals surface area contributed by atoms with Crippen molar-refractivity contribution in [2.75, 3.05) is 18.0 Å². The van der Waals surface area contributed by atoms with Crippen molar-refractivity contribution in [1.29, 1.82) is 0 Å². The Kier molecular flexibility index (Phi) is 5.20. The molecule has 1 N–H and O–H groups in total. The highest BCUT2D eigenvalue weighted by Crippen LogP contribution is 2.38. The smallest absolute Gasteiger partial charge is 0.359 e. The van der Waals surface area contributed by atoms with Gasteiger partial charge in [0.05, 0.1) is 0 Å². The van der Waals surface area contributed by atoms with Gasteiger partial charge in [-0.05, 0) is 50.1 Å². The Morgan fingerprint density at radius 2 is 2.05 bits per heavy atom. The van der Waals surface area contributed by atoms with E-state index in [4.69, 9.17) is 0 Å². The van der Waals surface area contributed by atoms with Crippen LogP contribution < -0.4 is 10.2 Å². The molecule has 6 heteroatoms. The highest BCUT2D eigenvalue weighted by Gasteiger charge is 2.39. The number of hydrogen-bond acceptors (Lipinski definition) is 2. The monoisotopic (exact) mass is 364 g/mol. The van der Waals surface area contributed by atoms with Crippen LogP contribution in [0, 0.1) is 0 Å². The summed E-state index contributed by atoms with van der Waals surface area (Å²) < 4.78 is 39.5. The van der Waals surface area contributed by atoms with E-state index in [1.165, 1.54) is 4.90 Å². The van der Waals surface area contributed by atoms with Crippen LogP contribution in [-0.4, -0.2) is 25.3 Å². The van der Waals surface area contributed by atoms with E-state index in [2.05, 4.69) is 21.2 Å². The summed E-state index contributed by atoms with van der Waals surface area (Å²) in [6, 6.07) is 5.53. The lowest BCUT2D eigenvalue weighted by Crippen LogP contribution is -2.37. The van der Waals surface area contributed by atoms with E-state index >= 15 is 0 Å². The van der Waals surface area contributed by atoms with Crippen molar-refractivity contribution in [1.82, 2.24) is 5.32 Å². The summed E-state index contributed by atoms with van der Waals surface area (Å²) in [6.45, 7) is 3.86. The Labute approximate surface area is 131 Å². The minimum atomic E-state index is -4.19. The molecule has 1 atom stereocenters. The minimum absolute atomic E-state index is 0.0111. The van der Waals surface area contributed by atoms with Crippen LogP contribution in [0.5, 0.6) is 0 Å². The van der Waals surface area contributed by atoms with Crippen molar-refractivity contribution in [2.45, 2.75) is 44.9 Å². The first-order chi connectivity index (χ1) is 9.81. The van der Waals surface area contributed by atoms with Gasteiger partial charge in [0, 0.05) is 22.2 Å². The average Bonchev–Trinajstić information content (AvgIpc) is 3.19. The van der Waals surface area contributed by atoms with Crippen molar-refractivity contribution in [3.05, 3.63) is 28.2 Å². The number of nitrogens with zero attached hydrogens (tertiary/aromatic N) is 1. The fraction of sp³-hybridized carbons (Fsp3) is 0.600. The summed E-state index contributed by atoms with van der Waals surface area (Å²) in [4.78, 5) is 1.51. The van der Waals surface area contributed by atoms with E-state index in [1.54, 1.807) is 6.07 Å². The van der Waals surface area contributed by atoms with Crippen LogP contribution in [0.3, 0.4) is 0 Å². The highest BCUT2D eigenvalue weighted by atomic mass is 79.9. The van der Waals surface area contributed by atoms with E-state index in [1.807, 2.05) is 26.0 Å². The van der Waals surface area contributed by atoms with Crippen LogP contribution in [0.25, 0.3) is 0 Å². The van der Waals surface area contributed by atoms with Crippen molar-refractivity contribution in [3.63, 3.8) is 0 Å². The largest absolute Gasteiger partial charge is 0.405 e. The molecule has 1 fully saturated rings. The van der Waals surface area contributed by atoms with Gasteiger partial charge in [0.25, 0.3) is 0 Å². The molecule has 1 aliphatic rings. The summed E-state index contributed by atoms with van der Waals surface area (Å²) in [6.07, 6.45) is -2.52. The molecule has 2 rings (SSSR count). The molecule has 2 nitrogen and oxygen atoms in total. The van der Waals surface area contributed by atoms with E-state index in [9.17, 15) is 13.2 Å². The minimum Gasteiger partial charge on any atom is -0.359 e. The Bertz CT molecular complexity index is 486. The third-order valence-corrected chi connectivity index (χ3v) is 4.11. The molecule has 0 radical (unpaired) electrons. The second-order valence-electron chi connectivity index (χ2n) is 5.46. The molecule has 0 saturated heterocycles. The number of halogens is 4. The summed E-state index contributed by atoms with van der Waals surface area (Å²) in [5.41, 5.74) is 1.59. The molecular weight excluding hydrogens is 345 g/mol. The number of alkyl halides is 3. The second-order valence-corrected chi connectivity index (χ2v) is 6.37. The Hall–Kier alpha value is -0.750. The molecule has 118 valence electrons. The number of benzene rings is 1. The van der Waals surface area contributed by atoms with Gasteiger partial charge in [0.2, 0.25) is 0 Å². The van der Waals surface area contributed by atoms with Crippen LogP contribution in [0.2, 0.25) is 0 Å². The lowest BCUT2D eigenvalue weighted by atomic mass is 10.0. The third kappa shape index (κ3) is 4.61. The van der Waals surface area contributed by atoms with Crippen LogP contribution in [-0.2, 0) is 0 Å². The van der Waals surface area contributed by atoms with Crippen LogP contribution in [0.4, 0.5) is 18.9 Å². The van der Waals surface area contributed by atoms with E-state index in [0.29, 0.717) is 5.69 Å². The van der Waals surface area contributed by atoms with Crippen LogP contribution >= 0.6 is 15.9 Å². The first-order valence-electron chi connectivity index (χ1n) is 7.18. The van der Waals surface area contributed by atoms with Crippen molar-refractivity contribution in [3.8, 4) is 0 Å². The van der Waals surface area contributed by atoms with Gasteiger partial charge in [-0.25, -0.2) is 0 Å². The van der Waals surface area contributed by atoms with E-state index in [0.717, 1.165) is 29.4 Å². The fourth-order valence-electron chi connectivity index (χ4n) is 2.54. The number of anilines is 1. The Morgan fingerprint density at radius 1 is 1.38 bits per heavy atom. The summed E-state index contributed by atoms with van der Waals surface area (Å²) in [7, 11) is 0. The molecule has 0 spiro atoms. The second kappa shape index (κ2) is 6.57. The normalized spacial score (nSPS) is 16.9. The zero-order chi connectivity index (χ0) is 15.6. The molecule has 0 aromatic heterocycles. The predicted octanol–water partition coefficient (Wildman–Crippen LogP) is 4.65. The average molecular weight is 365 g/mol. The lowest BCUT2D eigenvalue weighted by Gasteiger charge is -2.30. The topological polar surface area (TPSA) is 15.3 Å². The maximum absolute atomic E-state index is 12.9. The fourth-order valence-corrected chi connectivity index (χ4v) is 2.92. The summed E-state index contributed by atoms with van der Waals surface area (Å²) >= 11 is 3.41. The van der Waals surface area contributed by atoms with Crippen molar-refractivity contribution >= 4 is 21.6 Å². The molecule has 0 bridgehead atoms. The lowest BCUT2D eigenvalue weighted by molar-refractivity contribution is -0.120. The van der Waals surface area contributed by atoms with E-state index in [-0.39, 0.29) is 12.1 Å². The molecule has 1 aromatic carbocycles. The maximum atomic E-state index is 12.9. The molecule has 1 saturated carbocycles. The molecule has 0 amide bonds. The SMILES string of the molecule is CCNC(C)c1cc(Br)ccc1N(CC(F)(F)F)C1CC1. The van der Waals surface area contributed by atoms with Gasteiger partial charge in [-0.3, -0.25) is 0 Å². The molecule has 1 aliphatic carbocycles. The van der Waals surface area contributed by atoms with Crippen molar-refractivity contribution < 1.29 is 13.2 Å². The molecule has 1 unspecified atom stereocenters. The first-order valence-corrected chi connectivity index (χ1v) is 7.97. The van der Waals surface area contributed by atoms with E-state index < -0.39 is 12.7 Å². The van der Waals surface area contributed by atoms with Gasteiger partial charge in [0.1, 0.15) is 6.54 Å². The first kappa shape index (κ1) is 16.6. The number of nitrogens with one attached hydrogen (secondary N) is 1. The van der Waals surface area contributed by atoms with Gasteiger partial charge < -0.3 is 10.2 Å². The summed E-state index contributed by atoms with van der Waals surface area (Å²) in [5.74, 6) is 0. The molecule has 1 aromatic rings. The predicted molar refractivity (Wildman–Crippen MR) is 82.7 cm³/mol.